The van der Waals surface area contributed by atoms with Gasteiger partial charge in [0.1, 0.15) is 5.82 Å². The summed E-state index contributed by atoms with van der Waals surface area (Å²) in [6.07, 6.45) is 3.69. The molecule has 1 N–H and O–H groups in total. The number of nitrogens with one attached hydrogen (secondary N) is 1. The molecule has 4 heteroatoms. The van der Waals surface area contributed by atoms with E-state index in [-0.39, 0.29) is 0 Å². The molecule has 1 saturated heterocycles. The first-order chi connectivity index (χ1) is 6.34. The van der Waals surface area contributed by atoms with Crippen LogP contribution in [0.3, 0.4) is 0 Å². The highest BCUT2D eigenvalue weighted by molar-refractivity contribution is 4.87. The van der Waals surface area contributed by atoms with E-state index in [1.807, 2.05) is 12.4 Å². The SMILES string of the molecule is CN1CCN(Cc2ncc[nH]2)CC1. The molecule has 0 spiro atoms. The Morgan fingerprint density at radius 1 is 1.38 bits per heavy atom. The van der Waals surface area contributed by atoms with Crippen LogP contribution in [0.2, 0.25) is 0 Å². The summed E-state index contributed by atoms with van der Waals surface area (Å²) in [5, 5.41) is 0. The number of aromatic amines is 1. The molecule has 1 aromatic heterocycles. The largest absolute Gasteiger partial charge is 0.348 e. The number of imidazole rings is 1. The van der Waals surface area contributed by atoms with Gasteiger partial charge in [-0.2, -0.15) is 0 Å². The molecule has 0 aliphatic carbocycles. The van der Waals surface area contributed by atoms with Gasteiger partial charge in [-0.1, -0.05) is 0 Å². The second-order valence-electron chi connectivity index (χ2n) is 3.62. The number of likely N-dealkylation sites (N-methyl/N-ethyl adjacent to an activating group) is 1. The van der Waals surface area contributed by atoms with Crippen LogP contribution in [-0.4, -0.2) is 53.0 Å². The van der Waals surface area contributed by atoms with Crippen LogP contribution >= 0.6 is 0 Å². The second-order valence-corrected chi connectivity index (χ2v) is 3.62. The fourth-order valence-corrected chi connectivity index (χ4v) is 1.60. The minimum absolute atomic E-state index is 0.959. The first-order valence-corrected chi connectivity index (χ1v) is 4.74. The van der Waals surface area contributed by atoms with Gasteiger partial charge in [0.15, 0.2) is 0 Å². The summed E-state index contributed by atoms with van der Waals surface area (Å²) in [5.41, 5.74) is 0. The Bertz CT molecular complexity index is 236. The molecule has 1 aromatic rings. The van der Waals surface area contributed by atoms with Gasteiger partial charge in [-0.15, -0.1) is 0 Å². The van der Waals surface area contributed by atoms with Crippen molar-refractivity contribution in [1.29, 1.82) is 0 Å². The fourth-order valence-electron chi connectivity index (χ4n) is 1.60. The summed E-state index contributed by atoms with van der Waals surface area (Å²) in [4.78, 5) is 12.1. The zero-order valence-electron chi connectivity index (χ0n) is 8.03. The van der Waals surface area contributed by atoms with Crippen molar-refractivity contribution in [3.05, 3.63) is 18.2 Å². The van der Waals surface area contributed by atoms with E-state index in [0.29, 0.717) is 0 Å². The molecular formula is C9H16N4. The van der Waals surface area contributed by atoms with Crippen molar-refractivity contribution >= 4 is 0 Å². The summed E-state index contributed by atoms with van der Waals surface area (Å²) < 4.78 is 0. The molecule has 0 radical (unpaired) electrons. The van der Waals surface area contributed by atoms with Crippen molar-refractivity contribution < 1.29 is 0 Å². The second kappa shape index (κ2) is 3.89. The number of hydrogen-bond donors (Lipinski definition) is 1. The van der Waals surface area contributed by atoms with Crippen LogP contribution in [0.5, 0.6) is 0 Å². The normalized spacial score (nSPS) is 20.7. The van der Waals surface area contributed by atoms with Gasteiger partial charge in [-0.25, -0.2) is 4.98 Å². The lowest BCUT2D eigenvalue weighted by Gasteiger charge is -2.31. The van der Waals surface area contributed by atoms with Crippen LogP contribution in [0.25, 0.3) is 0 Å². The van der Waals surface area contributed by atoms with Crippen molar-refractivity contribution in [3.63, 3.8) is 0 Å². The Hall–Kier alpha value is -0.870. The Morgan fingerprint density at radius 3 is 2.77 bits per heavy atom. The maximum absolute atomic E-state index is 4.22. The first kappa shape index (κ1) is 8.72. The van der Waals surface area contributed by atoms with Gasteiger partial charge in [-0.3, -0.25) is 4.90 Å². The lowest BCUT2D eigenvalue weighted by atomic mass is 10.3. The fraction of sp³-hybridized carbons (Fsp3) is 0.667. The van der Waals surface area contributed by atoms with Gasteiger partial charge in [0.05, 0.1) is 6.54 Å². The van der Waals surface area contributed by atoms with Crippen LogP contribution in [-0.2, 0) is 6.54 Å². The zero-order chi connectivity index (χ0) is 9.10. The van der Waals surface area contributed by atoms with E-state index in [1.54, 1.807) is 0 Å². The smallest absolute Gasteiger partial charge is 0.120 e. The quantitative estimate of drug-likeness (QED) is 0.704. The standard InChI is InChI=1S/C9H16N4/c1-12-4-6-13(7-5-12)8-9-10-2-3-11-9/h2-3H,4-8H2,1H3,(H,10,11). The lowest BCUT2D eigenvalue weighted by Crippen LogP contribution is -2.44. The molecule has 1 fully saturated rings. The first-order valence-electron chi connectivity index (χ1n) is 4.74. The summed E-state index contributed by atoms with van der Waals surface area (Å²) in [5.74, 6) is 1.07. The maximum atomic E-state index is 4.22. The number of nitrogens with zero attached hydrogens (tertiary/aromatic N) is 3. The minimum atomic E-state index is 0.959. The average molecular weight is 180 g/mol. The number of hydrogen-bond acceptors (Lipinski definition) is 3. The van der Waals surface area contributed by atoms with E-state index >= 15 is 0 Å². The minimum Gasteiger partial charge on any atom is -0.348 e. The van der Waals surface area contributed by atoms with Crippen LogP contribution in [0.4, 0.5) is 0 Å². The number of piperazine rings is 1. The third-order valence-electron chi connectivity index (χ3n) is 2.52. The molecule has 0 saturated carbocycles. The van der Waals surface area contributed by atoms with E-state index in [4.69, 9.17) is 0 Å². The van der Waals surface area contributed by atoms with Crippen molar-refractivity contribution in [3.8, 4) is 0 Å². The monoisotopic (exact) mass is 180 g/mol. The zero-order valence-corrected chi connectivity index (χ0v) is 8.03. The van der Waals surface area contributed by atoms with Crippen LogP contribution in [0, 0.1) is 0 Å². The summed E-state index contributed by atoms with van der Waals surface area (Å²) in [6.45, 7) is 5.59. The molecule has 72 valence electrons. The molecule has 0 unspecified atom stereocenters. The van der Waals surface area contributed by atoms with Gasteiger partial charge in [0.2, 0.25) is 0 Å². The predicted molar refractivity (Wildman–Crippen MR) is 51.4 cm³/mol. The van der Waals surface area contributed by atoms with Gasteiger partial charge in [-0.05, 0) is 7.05 Å². The van der Waals surface area contributed by atoms with Gasteiger partial charge in [0, 0.05) is 38.6 Å². The molecule has 0 aromatic carbocycles. The highest BCUT2D eigenvalue weighted by Crippen LogP contribution is 2.03. The molecule has 2 heterocycles. The van der Waals surface area contributed by atoms with Crippen LogP contribution < -0.4 is 0 Å². The maximum Gasteiger partial charge on any atom is 0.120 e. The molecule has 1 aliphatic rings. The number of H-pyrrole nitrogens is 1. The van der Waals surface area contributed by atoms with Gasteiger partial charge < -0.3 is 9.88 Å². The van der Waals surface area contributed by atoms with E-state index < -0.39 is 0 Å². The topological polar surface area (TPSA) is 35.2 Å². The van der Waals surface area contributed by atoms with Crippen molar-refractivity contribution in [1.82, 2.24) is 19.8 Å². The molecular weight excluding hydrogens is 164 g/mol. The summed E-state index contributed by atoms with van der Waals surface area (Å²) in [7, 11) is 2.17. The molecule has 2 rings (SSSR count). The van der Waals surface area contributed by atoms with Crippen molar-refractivity contribution in [2.24, 2.45) is 0 Å². The highest BCUT2D eigenvalue weighted by Gasteiger charge is 2.14. The molecule has 0 amide bonds. The molecule has 4 nitrogen and oxygen atoms in total. The average Bonchev–Trinajstić information content (AvgIpc) is 2.62. The van der Waals surface area contributed by atoms with Crippen LogP contribution in [0.15, 0.2) is 12.4 Å². The molecule has 1 aliphatic heterocycles. The van der Waals surface area contributed by atoms with Crippen molar-refractivity contribution in [2.45, 2.75) is 6.54 Å². The van der Waals surface area contributed by atoms with Gasteiger partial charge in [0.25, 0.3) is 0 Å². The summed E-state index contributed by atoms with van der Waals surface area (Å²) in [6, 6.07) is 0. The molecule has 13 heavy (non-hydrogen) atoms. The van der Waals surface area contributed by atoms with Gasteiger partial charge >= 0.3 is 0 Å². The third kappa shape index (κ3) is 2.29. The van der Waals surface area contributed by atoms with Crippen LogP contribution in [0.1, 0.15) is 5.82 Å². The Kier molecular flexibility index (Phi) is 2.61. The van der Waals surface area contributed by atoms with E-state index in [9.17, 15) is 0 Å². The number of aromatic nitrogens is 2. The Balaban J connectivity index is 1.83. The Labute approximate surface area is 78.6 Å². The number of rotatable bonds is 2. The highest BCUT2D eigenvalue weighted by atomic mass is 15.3. The Morgan fingerprint density at radius 2 is 2.15 bits per heavy atom. The van der Waals surface area contributed by atoms with E-state index in [1.165, 1.54) is 13.1 Å². The molecule has 0 bridgehead atoms. The predicted octanol–water partition coefficient (Wildman–Crippen LogP) is 0.157. The lowest BCUT2D eigenvalue weighted by molar-refractivity contribution is 0.145. The van der Waals surface area contributed by atoms with E-state index in [0.717, 1.165) is 25.5 Å². The van der Waals surface area contributed by atoms with Crippen molar-refractivity contribution in [2.75, 3.05) is 33.2 Å². The molecule has 0 atom stereocenters. The van der Waals surface area contributed by atoms with E-state index in [2.05, 4.69) is 26.8 Å². The third-order valence-corrected chi connectivity index (χ3v) is 2.52. The summed E-state index contributed by atoms with van der Waals surface area (Å²) >= 11 is 0.